The van der Waals surface area contributed by atoms with Gasteiger partial charge in [0.1, 0.15) is 13.2 Å². The number of quaternary nitrogens is 1. The standard InChI is InChI=1S/C55H107N2O6P/c1-6-8-10-12-14-16-18-20-22-23-24-25-26-27-28-29-30-31-32-33-35-36-38-40-42-44-46-48-54(58)53(52-63-64(60,61)62-51-50-57(3,4)5)56-55(59)49-47-45-43-41-39-37-34-21-19-17-15-13-11-9-7-2/h15,17,21,34,46,48,53-54,58H,6-14,16,18-20,22-33,35-45,47,49-52H2,1-5H3,(H-,56,59,60,61)/p+1/b17-15-,34-21-,48-46+. The molecule has 0 aromatic rings. The summed E-state index contributed by atoms with van der Waals surface area (Å²) >= 11 is 0. The molecule has 0 aromatic heterocycles. The lowest BCUT2D eigenvalue weighted by atomic mass is 10.0. The zero-order valence-corrected chi connectivity index (χ0v) is 43.9. The van der Waals surface area contributed by atoms with Crippen LogP contribution in [0.2, 0.25) is 0 Å². The quantitative estimate of drug-likeness (QED) is 0.0243. The maximum absolute atomic E-state index is 12.9. The molecule has 0 aliphatic carbocycles. The fraction of sp³-hybridized carbons (Fsp3) is 0.873. The molecule has 0 aromatic carbocycles. The Morgan fingerprint density at radius 3 is 1.31 bits per heavy atom. The number of carbonyl (C=O) groups is 1. The van der Waals surface area contributed by atoms with Crippen molar-refractivity contribution in [2.24, 2.45) is 0 Å². The van der Waals surface area contributed by atoms with Gasteiger partial charge in [0, 0.05) is 6.42 Å². The number of rotatable bonds is 50. The van der Waals surface area contributed by atoms with E-state index in [1.54, 1.807) is 6.08 Å². The van der Waals surface area contributed by atoms with E-state index >= 15 is 0 Å². The Bertz CT molecular complexity index is 1140. The molecule has 0 aliphatic heterocycles. The third-order valence-electron chi connectivity index (χ3n) is 12.4. The minimum Gasteiger partial charge on any atom is -0.387 e. The summed E-state index contributed by atoms with van der Waals surface area (Å²) in [6.45, 7) is 4.80. The predicted octanol–water partition coefficient (Wildman–Crippen LogP) is 16.2. The Labute approximate surface area is 397 Å². The second-order valence-corrected chi connectivity index (χ2v) is 21.4. The van der Waals surface area contributed by atoms with Gasteiger partial charge in [0.25, 0.3) is 0 Å². The van der Waals surface area contributed by atoms with E-state index < -0.39 is 20.0 Å². The van der Waals surface area contributed by atoms with Crippen molar-refractivity contribution >= 4 is 13.7 Å². The Kier molecular flexibility index (Phi) is 45.9. The number of amides is 1. The number of unbranched alkanes of at least 4 members (excludes halogenated alkanes) is 33. The van der Waals surface area contributed by atoms with E-state index in [0.29, 0.717) is 17.4 Å². The van der Waals surface area contributed by atoms with E-state index in [0.717, 1.165) is 64.2 Å². The average molecular weight is 924 g/mol. The number of nitrogens with zero attached hydrogens (tertiary/aromatic N) is 1. The Morgan fingerprint density at radius 1 is 0.531 bits per heavy atom. The predicted molar refractivity (Wildman–Crippen MR) is 277 cm³/mol. The molecule has 0 rings (SSSR count). The highest BCUT2D eigenvalue weighted by molar-refractivity contribution is 7.47. The fourth-order valence-electron chi connectivity index (χ4n) is 8.01. The number of carbonyl (C=O) groups excluding carboxylic acids is 1. The largest absolute Gasteiger partial charge is 0.472 e. The first-order chi connectivity index (χ1) is 31.0. The molecule has 3 N–H and O–H groups in total. The van der Waals surface area contributed by atoms with E-state index in [-0.39, 0.29) is 19.1 Å². The lowest BCUT2D eigenvalue weighted by molar-refractivity contribution is -0.870. The molecule has 8 nitrogen and oxygen atoms in total. The molecule has 64 heavy (non-hydrogen) atoms. The molecule has 0 spiro atoms. The maximum atomic E-state index is 12.9. The van der Waals surface area contributed by atoms with Crippen molar-refractivity contribution in [1.29, 1.82) is 0 Å². The first-order valence-corrected chi connectivity index (χ1v) is 28.9. The van der Waals surface area contributed by atoms with Gasteiger partial charge in [-0.2, -0.15) is 0 Å². The topological polar surface area (TPSA) is 105 Å². The lowest BCUT2D eigenvalue weighted by Gasteiger charge is -2.25. The van der Waals surface area contributed by atoms with Gasteiger partial charge in [-0.3, -0.25) is 13.8 Å². The molecule has 0 bridgehead atoms. The number of likely N-dealkylation sites (N-methyl/N-ethyl adjacent to an activating group) is 1. The summed E-state index contributed by atoms with van der Waals surface area (Å²) in [4.78, 5) is 23.2. The summed E-state index contributed by atoms with van der Waals surface area (Å²) in [6.07, 6.45) is 59.6. The summed E-state index contributed by atoms with van der Waals surface area (Å²) in [5, 5.41) is 13.9. The number of allylic oxidation sites excluding steroid dienone is 5. The molecule has 1 amide bonds. The summed E-state index contributed by atoms with van der Waals surface area (Å²) < 4.78 is 23.7. The van der Waals surface area contributed by atoms with Crippen molar-refractivity contribution in [1.82, 2.24) is 5.32 Å². The zero-order chi connectivity index (χ0) is 47.1. The van der Waals surface area contributed by atoms with Gasteiger partial charge in [0.2, 0.25) is 5.91 Å². The van der Waals surface area contributed by atoms with E-state index in [4.69, 9.17) is 9.05 Å². The molecular weight excluding hydrogens is 816 g/mol. The second-order valence-electron chi connectivity index (χ2n) is 20.0. The smallest absolute Gasteiger partial charge is 0.387 e. The van der Waals surface area contributed by atoms with Gasteiger partial charge in [-0.15, -0.1) is 0 Å². The second kappa shape index (κ2) is 46.8. The van der Waals surface area contributed by atoms with Gasteiger partial charge in [0.05, 0.1) is 39.9 Å². The molecule has 378 valence electrons. The molecule has 3 unspecified atom stereocenters. The fourth-order valence-corrected chi connectivity index (χ4v) is 8.75. The molecule has 0 saturated heterocycles. The van der Waals surface area contributed by atoms with Crippen LogP contribution in [0.4, 0.5) is 0 Å². The van der Waals surface area contributed by atoms with Gasteiger partial charge in [-0.25, -0.2) is 4.57 Å². The van der Waals surface area contributed by atoms with Gasteiger partial charge in [-0.1, -0.05) is 237 Å². The summed E-state index contributed by atoms with van der Waals surface area (Å²) in [7, 11) is 1.57. The van der Waals surface area contributed by atoms with Crippen LogP contribution in [0.3, 0.4) is 0 Å². The van der Waals surface area contributed by atoms with Crippen molar-refractivity contribution in [3.8, 4) is 0 Å². The minimum atomic E-state index is -4.35. The molecule has 9 heteroatoms. The van der Waals surface area contributed by atoms with Crippen LogP contribution in [-0.2, 0) is 18.4 Å². The van der Waals surface area contributed by atoms with Gasteiger partial charge < -0.3 is 19.8 Å². The third-order valence-corrected chi connectivity index (χ3v) is 13.3. The lowest BCUT2D eigenvalue weighted by Crippen LogP contribution is -2.45. The van der Waals surface area contributed by atoms with Crippen molar-refractivity contribution in [3.05, 3.63) is 36.5 Å². The average Bonchev–Trinajstić information content (AvgIpc) is 3.25. The minimum absolute atomic E-state index is 0.0587. The Balaban J connectivity index is 4.19. The number of phosphoric acid groups is 1. The Hall–Kier alpha value is -1.28. The molecule has 0 fully saturated rings. The third kappa shape index (κ3) is 48.6. The van der Waals surface area contributed by atoms with Crippen LogP contribution in [-0.4, -0.2) is 73.4 Å². The van der Waals surface area contributed by atoms with E-state index in [2.05, 4.69) is 43.5 Å². The highest BCUT2D eigenvalue weighted by Crippen LogP contribution is 2.43. The highest BCUT2D eigenvalue weighted by Gasteiger charge is 2.27. The van der Waals surface area contributed by atoms with Crippen molar-refractivity contribution in [2.45, 2.75) is 270 Å². The molecule has 3 atom stereocenters. The van der Waals surface area contributed by atoms with Crippen molar-refractivity contribution in [2.75, 3.05) is 40.9 Å². The van der Waals surface area contributed by atoms with Crippen LogP contribution in [0.1, 0.15) is 258 Å². The number of aliphatic hydroxyl groups excluding tert-OH is 1. The van der Waals surface area contributed by atoms with E-state index in [1.165, 1.54) is 173 Å². The first-order valence-electron chi connectivity index (χ1n) is 27.4. The number of nitrogens with one attached hydrogen (secondary N) is 1. The van der Waals surface area contributed by atoms with E-state index in [1.807, 2.05) is 27.2 Å². The number of hydrogen-bond donors (Lipinski definition) is 3. The number of aliphatic hydroxyl groups is 1. The Morgan fingerprint density at radius 2 is 0.891 bits per heavy atom. The van der Waals surface area contributed by atoms with Crippen LogP contribution in [0.25, 0.3) is 0 Å². The maximum Gasteiger partial charge on any atom is 0.472 e. The molecule has 0 radical (unpaired) electrons. The number of hydrogen-bond acceptors (Lipinski definition) is 5. The van der Waals surface area contributed by atoms with Crippen LogP contribution in [0, 0.1) is 0 Å². The van der Waals surface area contributed by atoms with Gasteiger partial charge >= 0.3 is 7.82 Å². The van der Waals surface area contributed by atoms with Crippen molar-refractivity contribution in [3.63, 3.8) is 0 Å². The first kappa shape index (κ1) is 62.7. The number of phosphoric ester groups is 1. The van der Waals surface area contributed by atoms with Crippen LogP contribution < -0.4 is 5.32 Å². The molecular formula is C55H108N2O6P+. The van der Waals surface area contributed by atoms with Crippen molar-refractivity contribution < 1.29 is 32.9 Å². The van der Waals surface area contributed by atoms with Gasteiger partial charge in [0.15, 0.2) is 0 Å². The SMILES string of the molecule is CCCCC/C=C\C/C=C\CCCCCCCC(=O)NC(COP(=O)(O)OCC[N+](C)(C)C)C(O)/C=C/CCCCCCCCCCCCCCCCCCCCCCCCCCC. The monoisotopic (exact) mass is 924 g/mol. The highest BCUT2D eigenvalue weighted by atomic mass is 31.2. The van der Waals surface area contributed by atoms with Crippen LogP contribution in [0.15, 0.2) is 36.5 Å². The van der Waals surface area contributed by atoms with Gasteiger partial charge in [-0.05, 0) is 51.4 Å². The summed E-state index contributed by atoms with van der Waals surface area (Å²) in [5.41, 5.74) is 0. The summed E-state index contributed by atoms with van der Waals surface area (Å²) in [6, 6.07) is -0.853. The zero-order valence-electron chi connectivity index (χ0n) is 43.0. The molecule has 0 saturated carbocycles. The molecule has 0 aliphatic rings. The van der Waals surface area contributed by atoms with E-state index in [9.17, 15) is 19.4 Å². The van der Waals surface area contributed by atoms with Crippen LogP contribution >= 0.6 is 7.82 Å². The molecule has 0 heterocycles. The normalized spacial score (nSPS) is 14.3. The van der Waals surface area contributed by atoms with Crippen LogP contribution in [0.5, 0.6) is 0 Å². The summed E-state index contributed by atoms with van der Waals surface area (Å²) in [5.74, 6) is -0.189.